The summed E-state index contributed by atoms with van der Waals surface area (Å²) in [6.45, 7) is 21.5. The van der Waals surface area contributed by atoms with Crippen molar-refractivity contribution in [3.8, 4) is 23.7 Å². The molecule has 0 amide bonds. The fourth-order valence-electron chi connectivity index (χ4n) is 3.73. The van der Waals surface area contributed by atoms with Gasteiger partial charge < -0.3 is 0 Å². The van der Waals surface area contributed by atoms with Crippen molar-refractivity contribution in [2.45, 2.75) is 81.3 Å². The van der Waals surface area contributed by atoms with Crippen molar-refractivity contribution < 1.29 is 20.8 Å². The second-order valence-corrected chi connectivity index (χ2v) is 16.4. The maximum atomic E-state index is 4.93. The summed E-state index contributed by atoms with van der Waals surface area (Å²) in [4.78, 5) is 0. The quantitative estimate of drug-likeness (QED) is 0.113. The SMILES string of the molecule is CCc1cc2c(C#CC(C)(C)C)cccc2[cH-]1.CCc1cc2c(C#CC(C)(C)C)cccc2[cH-]1.C[Si]C.[Cl][Zr+2][Cl]. The molecule has 0 aliphatic heterocycles. The molecule has 0 saturated carbocycles. The standard InChI is InChI=1S/2C17H19.C2H6Si.2ClH.Zr/c2*1-5-13-11-15-8-6-7-14(16(15)12-13)9-10-17(2,3)4;1-3-2;;;/h2*6-8,11-12H,5H2,1-4H3;1-2H3;2*1H;/q2*-1;;;;+4/p-2. The molecule has 0 aromatic heterocycles. The maximum absolute atomic E-state index is 4.93. The molecule has 0 nitrogen and oxygen atoms in total. The molecule has 0 N–H and O–H groups in total. The van der Waals surface area contributed by atoms with E-state index in [4.69, 9.17) is 17.0 Å². The molecule has 2 radical (unpaired) electrons. The third-order valence-electron chi connectivity index (χ3n) is 5.58. The first-order valence-electron chi connectivity index (χ1n) is 13.8. The summed E-state index contributed by atoms with van der Waals surface area (Å²) in [6, 6.07) is 21.8. The van der Waals surface area contributed by atoms with Crippen LogP contribution in [0.1, 0.15) is 77.6 Å². The zero-order valence-electron chi connectivity index (χ0n) is 25.9. The normalized spacial score (nSPS) is 10.3. The Bertz CT molecular complexity index is 1330. The van der Waals surface area contributed by atoms with Gasteiger partial charge >= 0.3 is 37.9 Å². The number of hydrogen-bond acceptors (Lipinski definition) is 0. The van der Waals surface area contributed by atoms with E-state index in [0.29, 0.717) is 0 Å². The average molecular weight is 667 g/mol. The first kappa shape index (κ1) is 36.5. The third kappa shape index (κ3) is 13.4. The summed E-state index contributed by atoms with van der Waals surface area (Å²) < 4.78 is 0. The molecular formula is C36H44Cl2SiZr. The molecule has 0 bridgehead atoms. The van der Waals surface area contributed by atoms with Crippen LogP contribution in [0.5, 0.6) is 0 Å². The van der Waals surface area contributed by atoms with Crippen molar-refractivity contribution in [1.82, 2.24) is 0 Å². The number of fused-ring (bicyclic) bond motifs is 2. The zero-order valence-corrected chi connectivity index (χ0v) is 30.9. The minimum atomic E-state index is -0.826. The van der Waals surface area contributed by atoms with Crippen molar-refractivity contribution in [2.75, 3.05) is 0 Å². The van der Waals surface area contributed by atoms with E-state index >= 15 is 0 Å². The molecule has 0 aliphatic carbocycles. The Morgan fingerprint density at radius 3 is 1.30 bits per heavy atom. The molecule has 0 aliphatic rings. The van der Waals surface area contributed by atoms with Crippen molar-refractivity contribution in [1.29, 1.82) is 0 Å². The van der Waals surface area contributed by atoms with Crippen molar-refractivity contribution in [2.24, 2.45) is 10.8 Å². The minimum absolute atomic E-state index is 0.0579. The van der Waals surface area contributed by atoms with E-state index in [0.717, 1.165) is 33.5 Å². The van der Waals surface area contributed by atoms with Gasteiger partial charge in [0.1, 0.15) is 0 Å². The molecule has 0 unspecified atom stereocenters. The summed E-state index contributed by atoms with van der Waals surface area (Å²) in [5, 5.41) is 5.20. The molecule has 0 atom stereocenters. The van der Waals surface area contributed by atoms with Gasteiger partial charge in [0.05, 0.1) is 0 Å². The third-order valence-corrected chi connectivity index (χ3v) is 5.58. The van der Waals surface area contributed by atoms with Crippen LogP contribution in [0.2, 0.25) is 13.1 Å². The van der Waals surface area contributed by atoms with Crippen LogP contribution in [0.4, 0.5) is 0 Å². The van der Waals surface area contributed by atoms with Gasteiger partial charge in [-0.25, -0.2) is 0 Å². The number of benzene rings is 2. The van der Waals surface area contributed by atoms with E-state index < -0.39 is 20.8 Å². The number of hydrogen-bond donors (Lipinski definition) is 0. The first-order chi connectivity index (χ1) is 18.8. The summed E-state index contributed by atoms with van der Waals surface area (Å²) in [5.41, 5.74) is 5.20. The first-order valence-corrected chi connectivity index (χ1v) is 22.1. The Labute approximate surface area is 265 Å². The van der Waals surface area contributed by atoms with Crippen LogP contribution >= 0.6 is 17.0 Å². The van der Waals surface area contributed by atoms with Gasteiger partial charge in [0.15, 0.2) is 0 Å². The Kier molecular flexibility index (Phi) is 16.5. The Morgan fingerprint density at radius 1 is 0.700 bits per heavy atom. The van der Waals surface area contributed by atoms with Gasteiger partial charge in [-0.15, -0.1) is 69.1 Å². The van der Waals surface area contributed by atoms with Crippen LogP contribution in [-0.4, -0.2) is 9.52 Å². The van der Waals surface area contributed by atoms with Crippen molar-refractivity contribution in [3.63, 3.8) is 0 Å². The van der Waals surface area contributed by atoms with Crippen LogP contribution in [-0.2, 0) is 33.7 Å². The fraction of sp³-hybridized carbons (Fsp3) is 0.389. The summed E-state index contributed by atoms with van der Waals surface area (Å²) in [6.07, 6.45) is 2.17. The van der Waals surface area contributed by atoms with Gasteiger partial charge in [-0.05, 0) is 65.5 Å². The zero-order chi connectivity index (χ0) is 30.3. The molecule has 4 aromatic carbocycles. The van der Waals surface area contributed by atoms with Crippen LogP contribution in [0.3, 0.4) is 0 Å². The molecule has 40 heavy (non-hydrogen) atoms. The second-order valence-electron chi connectivity index (χ2n) is 11.6. The molecule has 0 spiro atoms. The van der Waals surface area contributed by atoms with Gasteiger partial charge in [-0.3, -0.25) is 0 Å². The van der Waals surface area contributed by atoms with E-state index in [1.807, 2.05) is 0 Å². The monoisotopic (exact) mass is 664 g/mol. The molecule has 4 aromatic rings. The molecule has 0 fully saturated rings. The molecule has 0 saturated heterocycles. The van der Waals surface area contributed by atoms with Gasteiger partial charge in [0.2, 0.25) is 0 Å². The van der Waals surface area contributed by atoms with Crippen LogP contribution in [0, 0.1) is 34.5 Å². The number of aryl methyl sites for hydroxylation is 2. The van der Waals surface area contributed by atoms with E-state index in [9.17, 15) is 0 Å². The topological polar surface area (TPSA) is 0 Å². The number of rotatable bonds is 2. The van der Waals surface area contributed by atoms with Gasteiger partial charge in [-0.1, -0.05) is 62.8 Å². The summed E-state index contributed by atoms with van der Waals surface area (Å²) in [7, 11) is 11.0. The number of halogens is 2. The molecular weight excluding hydrogens is 623 g/mol. The van der Waals surface area contributed by atoms with Crippen LogP contribution in [0.25, 0.3) is 21.5 Å². The average Bonchev–Trinajstić information content (AvgIpc) is 3.51. The van der Waals surface area contributed by atoms with E-state index in [1.54, 1.807) is 0 Å². The summed E-state index contributed by atoms with van der Waals surface area (Å²) >= 11 is -0.826. The fourth-order valence-corrected chi connectivity index (χ4v) is 3.73. The van der Waals surface area contributed by atoms with Crippen molar-refractivity contribution >= 4 is 48.1 Å². The van der Waals surface area contributed by atoms with Crippen LogP contribution in [0.15, 0.2) is 60.7 Å². The van der Waals surface area contributed by atoms with Crippen LogP contribution < -0.4 is 0 Å². The Morgan fingerprint density at radius 2 is 1.02 bits per heavy atom. The van der Waals surface area contributed by atoms with Gasteiger partial charge in [0.25, 0.3) is 0 Å². The Hall–Kier alpha value is -1.54. The molecule has 4 rings (SSSR count). The van der Waals surface area contributed by atoms with Crippen molar-refractivity contribution in [3.05, 3.63) is 82.9 Å². The molecule has 210 valence electrons. The second kappa shape index (κ2) is 18.1. The van der Waals surface area contributed by atoms with Gasteiger partial charge in [-0.2, -0.15) is 12.1 Å². The molecule has 4 heteroatoms. The Balaban J connectivity index is 0.000000335. The van der Waals surface area contributed by atoms with E-state index in [2.05, 4.69) is 153 Å². The molecule has 0 heterocycles. The summed E-state index contributed by atoms with van der Waals surface area (Å²) in [5.74, 6) is 13.2. The van der Waals surface area contributed by atoms with Gasteiger partial charge in [0, 0.05) is 20.3 Å². The van der Waals surface area contributed by atoms with E-state index in [1.165, 1.54) is 32.7 Å². The predicted molar refractivity (Wildman–Crippen MR) is 180 cm³/mol. The van der Waals surface area contributed by atoms with E-state index in [-0.39, 0.29) is 10.8 Å². The predicted octanol–water partition coefficient (Wildman–Crippen LogP) is 11.2.